The summed E-state index contributed by atoms with van der Waals surface area (Å²) in [6, 6.07) is 2.08. The lowest BCUT2D eigenvalue weighted by molar-refractivity contribution is 0.402. The Kier molecular flexibility index (Phi) is 4.68. The van der Waals surface area contributed by atoms with Crippen LogP contribution < -0.4 is 10.5 Å². The lowest BCUT2D eigenvalue weighted by Gasteiger charge is -2.24. The van der Waals surface area contributed by atoms with Gasteiger partial charge in [0, 0.05) is 12.2 Å². The van der Waals surface area contributed by atoms with Crippen LogP contribution in [0.1, 0.15) is 30.9 Å². The maximum Gasteiger partial charge on any atom is 0.137 e. The molecule has 94 valence electrons. The molecule has 2 N–H and O–H groups in total. The molecule has 0 aliphatic carbocycles. The van der Waals surface area contributed by atoms with Crippen LogP contribution in [0.4, 0.5) is 0 Å². The molecule has 1 fully saturated rings. The molecule has 1 aromatic heterocycles. The van der Waals surface area contributed by atoms with Crippen LogP contribution in [-0.2, 0) is 0 Å². The van der Waals surface area contributed by atoms with Crippen molar-refractivity contribution >= 4 is 11.8 Å². The van der Waals surface area contributed by atoms with Gasteiger partial charge in [0.25, 0.3) is 0 Å². The van der Waals surface area contributed by atoms with Crippen LogP contribution in [0.5, 0.6) is 5.75 Å². The molecule has 0 spiro atoms. The third kappa shape index (κ3) is 3.61. The lowest BCUT2D eigenvalue weighted by atomic mass is 9.92. The van der Waals surface area contributed by atoms with Gasteiger partial charge in [-0.2, -0.15) is 11.8 Å². The molecule has 4 heteroatoms. The van der Waals surface area contributed by atoms with Gasteiger partial charge in [0.1, 0.15) is 5.75 Å². The van der Waals surface area contributed by atoms with E-state index in [0.717, 1.165) is 23.7 Å². The second kappa shape index (κ2) is 6.26. The van der Waals surface area contributed by atoms with Crippen molar-refractivity contribution in [3.05, 3.63) is 24.0 Å². The summed E-state index contributed by atoms with van der Waals surface area (Å²) in [5.41, 5.74) is 7.33. The molecule has 3 nitrogen and oxygen atoms in total. The molecule has 0 saturated carbocycles. The second-order valence-corrected chi connectivity index (χ2v) is 5.78. The number of nitrogens with two attached hydrogens (primary N) is 1. The quantitative estimate of drug-likeness (QED) is 0.895. The number of aromatic nitrogens is 1. The first kappa shape index (κ1) is 12.7. The Morgan fingerprint density at radius 3 is 2.94 bits per heavy atom. The fourth-order valence-electron chi connectivity index (χ4n) is 2.23. The highest BCUT2D eigenvalue weighted by Crippen LogP contribution is 2.30. The fourth-order valence-corrected chi connectivity index (χ4v) is 3.43. The number of methoxy groups -OCH3 is 1. The molecule has 2 heterocycles. The van der Waals surface area contributed by atoms with Gasteiger partial charge in [0.2, 0.25) is 0 Å². The first-order valence-electron chi connectivity index (χ1n) is 6.12. The summed E-state index contributed by atoms with van der Waals surface area (Å²) in [7, 11) is 1.66. The SMILES string of the molecule is COc1cncc(C(N)CC2CCSCC2)c1. The summed E-state index contributed by atoms with van der Waals surface area (Å²) in [5, 5.41) is 0. The molecular weight excluding hydrogens is 232 g/mol. The van der Waals surface area contributed by atoms with E-state index in [1.165, 1.54) is 24.3 Å². The van der Waals surface area contributed by atoms with Crippen LogP contribution in [-0.4, -0.2) is 23.6 Å². The molecule has 0 amide bonds. The predicted octanol–water partition coefficient (Wildman–Crippen LogP) is 2.62. The zero-order valence-corrected chi connectivity index (χ0v) is 11.1. The summed E-state index contributed by atoms with van der Waals surface area (Å²) in [6.07, 6.45) is 7.24. The minimum absolute atomic E-state index is 0.0886. The van der Waals surface area contributed by atoms with E-state index in [2.05, 4.69) is 16.7 Å². The third-order valence-electron chi connectivity index (χ3n) is 3.33. The molecule has 17 heavy (non-hydrogen) atoms. The van der Waals surface area contributed by atoms with Crippen molar-refractivity contribution < 1.29 is 4.74 Å². The molecule has 0 aromatic carbocycles. The van der Waals surface area contributed by atoms with Gasteiger partial charge >= 0.3 is 0 Å². The predicted molar refractivity (Wildman–Crippen MR) is 72.4 cm³/mol. The Balaban J connectivity index is 1.95. The Morgan fingerprint density at radius 2 is 2.24 bits per heavy atom. The van der Waals surface area contributed by atoms with Gasteiger partial charge in [0.05, 0.1) is 13.3 Å². The average Bonchev–Trinajstić information content (AvgIpc) is 2.40. The molecule has 2 rings (SSSR count). The maximum atomic E-state index is 6.25. The molecule has 0 bridgehead atoms. The highest BCUT2D eigenvalue weighted by Gasteiger charge is 2.18. The smallest absolute Gasteiger partial charge is 0.137 e. The fraction of sp³-hybridized carbons (Fsp3) is 0.615. The van der Waals surface area contributed by atoms with Gasteiger partial charge in [-0.3, -0.25) is 4.98 Å². The highest BCUT2D eigenvalue weighted by molar-refractivity contribution is 7.99. The van der Waals surface area contributed by atoms with Crippen molar-refractivity contribution in [1.29, 1.82) is 0 Å². The Labute approximate surface area is 107 Å². The molecule has 1 aliphatic rings. The van der Waals surface area contributed by atoms with Crippen LogP contribution >= 0.6 is 11.8 Å². The van der Waals surface area contributed by atoms with Crippen molar-refractivity contribution in [2.75, 3.05) is 18.6 Å². The number of rotatable bonds is 4. The summed E-state index contributed by atoms with van der Waals surface area (Å²) in [6.45, 7) is 0. The van der Waals surface area contributed by atoms with Crippen LogP contribution in [0.15, 0.2) is 18.5 Å². The number of hydrogen-bond acceptors (Lipinski definition) is 4. The molecular formula is C13H20N2OS. The monoisotopic (exact) mass is 252 g/mol. The van der Waals surface area contributed by atoms with Crippen LogP contribution in [0.25, 0.3) is 0 Å². The molecule has 0 radical (unpaired) electrons. The number of thioether (sulfide) groups is 1. The number of hydrogen-bond donors (Lipinski definition) is 1. The Morgan fingerprint density at radius 1 is 1.47 bits per heavy atom. The minimum atomic E-state index is 0.0886. The van der Waals surface area contributed by atoms with Crippen molar-refractivity contribution in [2.45, 2.75) is 25.3 Å². The van der Waals surface area contributed by atoms with Crippen LogP contribution in [0, 0.1) is 5.92 Å². The molecule has 1 unspecified atom stereocenters. The summed E-state index contributed by atoms with van der Waals surface area (Å²) < 4.78 is 5.17. The number of pyridine rings is 1. The van der Waals surface area contributed by atoms with E-state index < -0.39 is 0 Å². The van der Waals surface area contributed by atoms with Gasteiger partial charge in [-0.25, -0.2) is 0 Å². The van der Waals surface area contributed by atoms with Crippen molar-refractivity contribution in [2.24, 2.45) is 11.7 Å². The minimum Gasteiger partial charge on any atom is -0.495 e. The van der Waals surface area contributed by atoms with Crippen LogP contribution in [0.3, 0.4) is 0 Å². The number of ether oxygens (including phenoxy) is 1. The summed E-state index contributed by atoms with van der Waals surface area (Å²) >= 11 is 2.05. The largest absolute Gasteiger partial charge is 0.495 e. The molecule has 1 saturated heterocycles. The topological polar surface area (TPSA) is 48.1 Å². The van der Waals surface area contributed by atoms with Crippen molar-refractivity contribution in [3.8, 4) is 5.75 Å². The second-order valence-electron chi connectivity index (χ2n) is 4.56. The van der Waals surface area contributed by atoms with Crippen molar-refractivity contribution in [3.63, 3.8) is 0 Å². The summed E-state index contributed by atoms with van der Waals surface area (Å²) in [4.78, 5) is 4.16. The highest BCUT2D eigenvalue weighted by atomic mass is 32.2. The van der Waals surface area contributed by atoms with Gasteiger partial charge in [0.15, 0.2) is 0 Å². The zero-order valence-electron chi connectivity index (χ0n) is 10.3. The Hall–Kier alpha value is -0.740. The van der Waals surface area contributed by atoms with E-state index in [9.17, 15) is 0 Å². The van der Waals surface area contributed by atoms with E-state index in [4.69, 9.17) is 10.5 Å². The first-order chi connectivity index (χ1) is 8.29. The number of nitrogens with zero attached hydrogens (tertiary/aromatic N) is 1. The standard InChI is InChI=1S/C13H20N2OS/c1-16-12-7-11(8-15-9-12)13(14)6-10-2-4-17-5-3-10/h7-10,13H,2-6,14H2,1H3. The normalized spacial score (nSPS) is 18.9. The average molecular weight is 252 g/mol. The van der Waals surface area contributed by atoms with Gasteiger partial charge in [-0.15, -0.1) is 0 Å². The van der Waals surface area contributed by atoms with E-state index in [1.807, 2.05) is 12.3 Å². The van der Waals surface area contributed by atoms with E-state index in [0.29, 0.717) is 0 Å². The van der Waals surface area contributed by atoms with E-state index in [-0.39, 0.29) is 6.04 Å². The molecule has 1 aliphatic heterocycles. The molecule has 1 atom stereocenters. The van der Waals surface area contributed by atoms with Gasteiger partial charge in [-0.1, -0.05) is 0 Å². The van der Waals surface area contributed by atoms with Crippen molar-refractivity contribution in [1.82, 2.24) is 4.98 Å². The zero-order chi connectivity index (χ0) is 12.1. The van der Waals surface area contributed by atoms with Gasteiger partial charge < -0.3 is 10.5 Å². The maximum absolute atomic E-state index is 6.25. The molecule has 1 aromatic rings. The Bertz CT molecular complexity index is 353. The van der Waals surface area contributed by atoms with E-state index >= 15 is 0 Å². The van der Waals surface area contributed by atoms with Crippen LogP contribution in [0.2, 0.25) is 0 Å². The third-order valence-corrected chi connectivity index (χ3v) is 4.38. The first-order valence-corrected chi connectivity index (χ1v) is 7.27. The van der Waals surface area contributed by atoms with E-state index in [1.54, 1.807) is 13.3 Å². The summed E-state index contributed by atoms with van der Waals surface area (Å²) in [5.74, 6) is 4.14. The lowest BCUT2D eigenvalue weighted by Crippen LogP contribution is -2.19. The van der Waals surface area contributed by atoms with Gasteiger partial charge in [-0.05, 0) is 48.3 Å².